The van der Waals surface area contributed by atoms with Gasteiger partial charge in [0.2, 0.25) is 53.2 Å². The highest BCUT2D eigenvalue weighted by molar-refractivity contribution is 5.98. The number of unbranched alkanes of at least 4 members (excludes halogenated alkanes) is 3. The van der Waals surface area contributed by atoms with E-state index in [9.17, 15) is 47.9 Å². The molecule has 0 aliphatic carbocycles. The molecule has 0 rings (SSSR count). The summed E-state index contributed by atoms with van der Waals surface area (Å²) in [5, 5.41) is 31.6. The van der Waals surface area contributed by atoms with Gasteiger partial charge >= 0.3 is 5.97 Å². The molecule has 0 bridgehead atoms. The fraction of sp³-hybridized carbons (Fsp3) is 0.744. The zero-order valence-electron chi connectivity index (χ0n) is 37.0. The molecule has 0 aromatic rings. The minimum atomic E-state index is -1.25. The number of rotatable bonds is 29. The van der Waals surface area contributed by atoms with Crippen molar-refractivity contribution in [3.8, 4) is 0 Å². The molecule has 0 fully saturated rings. The fourth-order valence-electron chi connectivity index (χ4n) is 5.36. The molecule has 22 nitrogen and oxygen atoms in total. The van der Waals surface area contributed by atoms with E-state index in [1.807, 2.05) is 13.8 Å². The molecule has 348 valence electrons. The summed E-state index contributed by atoms with van der Waals surface area (Å²) in [5.41, 5.74) is 11.2. The van der Waals surface area contributed by atoms with Gasteiger partial charge < -0.3 is 64.4 Å². The highest BCUT2D eigenvalue weighted by Crippen LogP contribution is 2.06. The molecule has 0 saturated carbocycles. The predicted molar refractivity (Wildman–Crippen MR) is 225 cm³/mol. The topological polar surface area (TPSA) is 351 Å². The van der Waals surface area contributed by atoms with Crippen molar-refractivity contribution in [1.82, 2.24) is 47.9 Å². The molecular weight excluding hydrogens is 798 g/mol. The van der Waals surface area contributed by atoms with E-state index in [-0.39, 0.29) is 12.8 Å². The average molecular weight is 870 g/mol. The van der Waals surface area contributed by atoms with Gasteiger partial charge in [0.1, 0.15) is 54.4 Å². The van der Waals surface area contributed by atoms with Gasteiger partial charge in [-0.15, -0.1) is 0 Å². The van der Waals surface area contributed by atoms with Crippen molar-refractivity contribution < 1.29 is 53.1 Å². The highest BCUT2D eigenvalue weighted by atomic mass is 16.4. The predicted octanol–water partition coefficient (Wildman–Crippen LogP) is -2.59. The lowest BCUT2D eigenvalue weighted by molar-refractivity contribution is -0.141. The molecule has 9 amide bonds. The van der Waals surface area contributed by atoms with Crippen LogP contribution in [0.2, 0.25) is 0 Å². The third-order valence-corrected chi connectivity index (χ3v) is 9.44. The second kappa shape index (κ2) is 29.0. The maximum absolute atomic E-state index is 13.4. The number of carbonyl (C=O) groups is 10. The number of amides is 9. The third kappa shape index (κ3) is 21.6. The Morgan fingerprint density at radius 1 is 0.393 bits per heavy atom. The molecule has 0 radical (unpaired) electrons. The number of nitrogens with two attached hydrogens (primary N) is 2. The van der Waals surface area contributed by atoms with E-state index in [4.69, 9.17) is 16.6 Å². The number of carboxylic acid groups (broad SMARTS) is 1. The Labute approximate surface area is 358 Å². The molecule has 0 saturated heterocycles. The lowest BCUT2D eigenvalue weighted by atomic mass is 10.1. The van der Waals surface area contributed by atoms with Crippen LogP contribution in [0.25, 0.3) is 0 Å². The summed E-state index contributed by atoms with van der Waals surface area (Å²) in [4.78, 5) is 127. The molecule has 14 N–H and O–H groups in total. The Bertz CT molecular complexity index is 1510. The minimum Gasteiger partial charge on any atom is -0.480 e. The maximum atomic E-state index is 13.4. The van der Waals surface area contributed by atoms with Gasteiger partial charge in [-0.1, -0.05) is 39.5 Å². The fourth-order valence-corrected chi connectivity index (χ4v) is 5.36. The van der Waals surface area contributed by atoms with Gasteiger partial charge in [-0.25, -0.2) is 0 Å². The van der Waals surface area contributed by atoms with Crippen LogP contribution < -0.4 is 59.3 Å². The summed E-state index contributed by atoms with van der Waals surface area (Å²) in [5.74, 6) is -7.51. The molecule has 10 atom stereocenters. The molecule has 0 unspecified atom stereocenters. The molecule has 22 heteroatoms. The molecule has 0 spiro atoms. The molecule has 61 heavy (non-hydrogen) atoms. The Morgan fingerprint density at radius 2 is 0.656 bits per heavy atom. The van der Waals surface area contributed by atoms with E-state index in [1.54, 1.807) is 0 Å². The van der Waals surface area contributed by atoms with Gasteiger partial charge in [0.15, 0.2) is 0 Å². The van der Waals surface area contributed by atoms with Crippen LogP contribution >= 0.6 is 0 Å². The van der Waals surface area contributed by atoms with Crippen molar-refractivity contribution in [3.05, 3.63) is 0 Å². The highest BCUT2D eigenvalue weighted by Gasteiger charge is 2.31. The standard InChI is InChI=1S/C39H71N11O11/c1-10-12-16-27(48-30(51)20(3)41)36(57)45-23(6)33(54)43-21(4)31(52)42-22(5)32(53)44-24(7)34(55)50-29(18-14-15-19-40)37(58)46-25(8)35(56)49-28(17-13-11-2)38(59)47-26(9)39(60)61/h20-29H,10-19,40-41H2,1-9H3,(H,42,52)(H,43,54)(H,44,53)(H,45,57)(H,46,58)(H,47,59)(H,48,51)(H,49,56)(H,50,55)(H,60,61)/t20-,21-,22-,23-,24-,25-,26-,27-,28-,29-/m0/s1. The summed E-state index contributed by atoms with van der Waals surface area (Å²) < 4.78 is 0. The maximum Gasteiger partial charge on any atom is 0.325 e. The van der Waals surface area contributed by atoms with Crippen molar-refractivity contribution in [2.24, 2.45) is 11.5 Å². The van der Waals surface area contributed by atoms with Crippen LogP contribution in [0.3, 0.4) is 0 Å². The van der Waals surface area contributed by atoms with Crippen LogP contribution in [0.5, 0.6) is 0 Å². The van der Waals surface area contributed by atoms with Crippen molar-refractivity contribution in [3.63, 3.8) is 0 Å². The van der Waals surface area contributed by atoms with Crippen LogP contribution in [0, 0.1) is 0 Å². The van der Waals surface area contributed by atoms with Crippen molar-refractivity contribution in [2.75, 3.05) is 6.54 Å². The number of hydrogen-bond acceptors (Lipinski definition) is 12. The monoisotopic (exact) mass is 870 g/mol. The van der Waals surface area contributed by atoms with Crippen molar-refractivity contribution in [2.45, 2.75) is 181 Å². The second-order valence-electron chi connectivity index (χ2n) is 15.3. The first-order chi connectivity index (χ1) is 28.5. The van der Waals surface area contributed by atoms with E-state index in [2.05, 4.69) is 47.9 Å². The molecule has 0 aromatic heterocycles. The number of carboxylic acids is 1. The lowest BCUT2D eigenvalue weighted by Crippen LogP contribution is -2.59. The molecule has 0 aromatic carbocycles. The number of hydrogen-bond donors (Lipinski definition) is 12. The first kappa shape index (κ1) is 55.6. The first-order valence-electron chi connectivity index (χ1n) is 20.9. The van der Waals surface area contributed by atoms with Crippen LogP contribution in [0.4, 0.5) is 0 Å². The Kier molecular flexibility index (Phi) is 26.4. The van der Waals surface area contributed by atoms with Gasteiger partial charge in [-0.05, 0) is 87.1 Å². The summed E-state index contributed by atoms with van der Waals surface area (Å²) in [6.45, 7) is 13.7. The van der Waals surface area contributed by atoms with Gasteiger partial charge in [0, 0.05) is 0 Å². The normalized spacial score (nSPS) is 15.9. The molecule has 0 aliphatic rings. The molecule has 0 aliphatic heterocycles. The average Bonchev–Trinajstić information content (AvgIpc) is 3.19. The van der Waals surface area contributed by atoms with Gasteiger partial charge in [0.05, 0.1) is 6.04 Å². The lowest BCUT2D eigenvalue weighted by Gasteiger charge is -2.25. The van der Waals surface area contributed by atoms with E-state index in [1.165, 1.54) is 48.5 Å². The number of carbonyl (C=O) groups excluding carboxylic acids is 9. The summed E-state index contributed by atoms with van der Waals surface area (Å²) >= 11 is 0. The minimum absolute atomic E-state index is 0.125. The third-order valence-electron chi connectivity index (χ3n) is 9.44. The summed E-state index contributed by atoms with van der Waals surface area (Å²) in [7, 11) is 0. The van der Waals surface area contributed by atoms with Crippen LogP contribution in [0.15, 0.2) is 0 Å². The van der Waals surface area contributed by atoms with Crippen LogP contribution in [-0.2, 0) is 47.9 Å². The Morgan fingerprint density at radius 3 is 0.934 bits per heavy atom. The molecular formula is C39H71N11O11. The largest absolute Gasteiger partial charge is 0.480 e. The summed E-state index contributed by atoms with van der Waals surface area (Å²) in [6.07, 6.45) is 4.24. The second-order valence-corrected chi connectivity index (χ2v) is 15.3. The van der Waals surface area contributed by atoms with Crippen molar-refractivity contribution in [1.29, 1.82) is 0 Å². The van der Waals surface area contributed by atoms with Crippen molar-refractivity contribution >= 4 is 59.1 Å². The first-order valence-corrected chi connectivity index (χ1v) is 20.9. The SMILES string of the molecule is CCCC[C@H](NC(=O)[C@H](C)N)C(=O)N[C@@H](C)C(=O)N[C@@H](C)C(=O)N[C@@H](C)C(=O)N[C@@H](C)C(=O)N[C@@H](CCCCN)C(=O)N[C@@H](C)C(=O)N[C@@H](CCCC)C(=O)N[C@@H](C)C(=O)O. The summed E-state index contributed by atoms with van der Waals surface area (Å²) in [6, 6.07) is -11.0. The zero-order valence-corrected chi connectivity index (χ0v) is 37.0. The Balaban J connectivity index is 5.43. The van der Waals surface area contributed by atoms with E-state index in [0.29, 0.717) is 45.1 Å². The van der Waals surface area contributed by atoms with E-state index >= 15 is 0 Å². The Hall–Kier alpha value is -5.38. The van der Waals surface area contributed by atoms with Gasteiger partial charge in [0.25, 0.3) is 0 Å². The quantitative estimate of drug-likeness (QED) is 0.0344. The van der Waals surface area contributed by atoms with Gasteiger partial charge in [-0.2, -0.15) is 0 Å². The molecule has 0 heterocycles. The number of aliphatic carboxylic acids is 1. The smallest absolute Gasteiger partial charge is 0.325 e. The van der Waals surface area contributed by atoms with E-state index in [0.717, 1.165) is 6.42 Å². The van der Waals surface area contributed by atoms with Crippen LogP contribution in [-0.4, -0.2) is 131 Å². The number of nitrogens with one attached hydrogen (secondary N) is 9. The van der Waals surface area contributed by atoms with Crippen LogP contribution in [0.1, 0.15) is 120 Å². The van der Waals surface area contributed by atoms with E-state index < -0.39 is 120 Å². The van der Waals surface area contributed by atoms with Gasteiger partial charge in [-0.3, -0.25) is 47.9 Å². The zero-order chi connectivity index (χ0) is 47.0.